The fourth-order valence-corrected chi connectivity index (χ4v) is 0.367. The van der Waals surface area contributed by atoms with Crippen LogP contribution in [-0.4, -0.2) is 23.3 Å². The Balaban J connectivity index is -0.000000188. The molecule has 2 atom stereocenters. The van der Waals surface area contributed by atoms with Crippen LogP contribution < -0.4 is 0 Å². The smallest absolute Gasteiger partial charge is 0.302 e. The van der Waals surface area contributed by atoms with Crippen molar-refractivity contribution >= 4 is 5.97 Å². The molecule has 0 fully saturated rings. The van der Waals surface area contributed by atoms with Gasteiger partial charge in [0.05, 0.1) is 12.2 Å². The highest BCUT2D eigenvalue weighted by Crippen LogP contribution is 1.94. The zero-order chi connectivity index (χ0) is 14.3. The van der Waals surface area contributed by atoms with Gasteiger partial charge in [0.25, 0.3) is 0 Å². The first-order valence-corrected chi connectivity index (χ1v) is 6.28. The molecular weight excluding hydrogens is 216 g/mol. The van der Waals surface area contributed by atoms with Crippen molar-refractivity contribution in [1.82, 2.24) is 0 Å². The predicted octanol–water partition coefficient (Wildman–Crippen LogP) is 3.71. The number of allylic oxidation sites excluding steroid dienone is 2. The van der Waals surface area contributed by atoms with Gasteiger partial charge in [-0.1, -0.05) is 26.0 Å². The highest BCUT2D eigenvalue weighted by atomic mass is 16.5. The summed E-state index contributed by atoms with van der Waals surface area (Å²) in [5, 5.41) is 8.36. The number of esters is 1. The molecule has 0 heterocycles. The summed E-state index contributed by atoms with van der Waals surface area (Å²) in [6.07, 6.45) is 5.71. The van der Waals surface area contributed by atoms with Crippen LogP contribution in [0.5, 0.6) is 0 Å². The van der Waals surface area contributed by atoms with Gasteiger partial charge < -0.3 is 9.84 Å². The first-order valence-electron chi connectivity index (χ1n) is 6.28. The minimum Gasteiger partial charge on any atom is -0.463 e. The van der Waals surface area contributed by atoms with Gasteiger partial charge >= 0.3 is 5.97 Å². The van der Waals surface area contributed by atoms with Crippen LogP contribution in [0.25, 0.3) is 0 Å². The molecule has 0 aliphatic heterocycles. The topological polar surface area (TPSA) is 46.5 Å². The predicted molar refractivity (Wildman–Crippen MR) is 74.0 cm³/mol. The monoisotopic (exact) mass is 246 g/mol. The first kappa shape index (κ1) is 21.5. The van der Waals surface area contributed by atoms with Crippen molar-refractivity contribution in [2.24, 2.45) is 0 Å². The van der Waals surface area contributed by atoms with E-state index in [1.807, 2.05) is 46.8 Å². The van der Waals surface area contributed by atoms with Gasteiger partial charge in [-0.3, -0.25) is 4.79 Å². The van der Waals surface area contributed by atoms with Gasteiger partial charge in [-0.25, -0.2) is 0 Å². The maximum atomic E-state index is 10.2. The van der Waals surface area contributed by atoms with Crippen molar-refractivity contribution in [2.75, 3.05) is 0 Å². The Labute approximate surface area is 107 Å². The number of ether oxygens (including phenoxy) is 1. The van der Waals surface area contributed by atoms with Crippen molar-refractivity contribution in [3.8, 4) is 0 Å². The lowest BCUT2D eigenvalue weighted by Gasteiger charge is -2.06. The quantitative estimate of drug-likeness (QED) is 0.610. The Bertz CT molecular complexity index is 170. The van der Waals surface area contributed by atoms with E-state index >= 15 is 0 Å². The van der Waals surface area contributed by atoms with Crippen molar-refractivity contribution < 1.29 is 14.6 Å². The second-order valence-corrected chi connectivity index (χ2v) is 3.75. The van der Waals surface area contributed by atoms with Gasteiger partial charge in [-0.05, 0) is 40.5 Å². The van der Waals surface area contributed by atoms with Crippen LogP contribution in [-0.2, 0) is 9.53 Å². The average molecular weight is 246 g/mol. The maximum absolute atomic E-state index is 10.2. The number of hydrogen-bond acceptors (Lipinski definition) is 3. The lowest BCUT2D eigenvalue weighted by atomic mass is 10.3. The van der Waals surface area contributed by atoms with E-state index in [1.54, 1.807) is 6.92 Å². The molecule has 0 aliphatic carbocycles. The molecule has 0 aromatic carbocycles. The van der Waals surface area contributed by atoms with E-state index in [0.717, 1.165) is 12.8 Å². The molecule has 2 unspecified atom stereocenters. The Hall–Kier alpha value is -0.830. The summed E-state index contributed by atoms with van der Waals surface area (Å²) in [7, 11) is 0. The van der Waals surface area contributed by atoms with E-state index in [-0.39, 0.29) is 18.2 Å². The Morgan fingerprint density at radius 2 is 1.53 bits per heavy atom. The van der Waals surface area contributed by atoms with Crippen molar-refractivity contribution in [1.29, 1.82) is 0 Å². The molecule has 0 bridgehead atoms. The van der Waals surface area contributed by atoms with Gasteiger partial charge in [0.2, 0.25) is 0 Å². The molecule has 0 saturated heterocycles. The summed E-state index contributed by atoms with van der Waals surface area (Å²) in [5.41, 5.74) is 0. The van der Waals surface area contributed by atoms with Crippen molar-refractivity contribution in [3.63, 3.8) is 0 Å². The first-order chi connectivity index (χ1) is 7.85. The highest BCUT2D eigenvalue weighted by molar-refractivity contribution is 5.66. The Morgan fingerprint density at radius 3 is 1.59 bits per heavy atom. The summed E-state index contributed by atoms with van der Waals surface area (Å²) < 4.78 is 4.76. The zero-order valence-corrected chi connectivity index (χ0v) is 12.5. The van der Waals surface area contributed by atoms with Gasteiger partial charge in [0.1, 0.15) is 0 Å². The number of aliphatic hydroxyl groups is 1. The number of rotatable bonds is 3. The van der Waals surface area contributed by atoms with E-state index in [0.29, 0.717) is 0 Å². The molecule has 17 heavy (non-hydrogen) atoms. The van der Waals surface area contributed by atoms with Crippen LogP contribution in [0.1, 0.15) is 61.3 Å². The van der Waals surface area contributed by atoms with E-state index in [2.05, 4.69) is 0 Å². The third kappa shape index (κ3) is 39.4. The Morgan fingerprint density at radius 1 is 1.18 bits per heavy atom. The molecule has 0 rings (SSSR count). The molecule has 0 aromatic heterocycles. The standard InChI is InChI=1S/C6H12O2.C4H10O.C4H8/c1-4-5(2)8-6(3)7;1-3-4(2)5;1-3-4-2/h5H,4H2,1-3H3;4-5H,3H2,1-2H3;3-4H,1-2H3/b;;4-3+. The molecule has 0 aromatic rings. The van der Waals surface area contributed by atoms with Crippen LogP contribution in [0, 0.1) is 0 Å². The van der Waals surface area contributed by atoms with Crippen LogP contribution in [0.3, 0.4) is 0 Å². The molecule has 0 saturated carbocycles. The fourth-order valence-electron chi connectivity index (χ4n) is 0.367. The molecule has 104 valence electrons. The molecule has 0 aliphatic rings. The van der Waals surface area contributed by atoms with Crippen LogP contribution in [0.4, 0.5) is 0 Å². The molecule has 0 radical (unpaired) electrons. The molecular formula is C14H30O3. The largest absolute Gasteiger partial charge is 0.463 e. The third-order valence-corrected chi connectivity index (χ3v) is 1.87. The van der Waals surface area contributed by atoms with Gasteiger partial charge in [-0.15, -0.1) is 0 Å². The van der Waals surface area contributed by atoms with E-state index in [1.165, 1.54) is 6.92 Å². The van der Waals surface area contributed by atoms with Crippen LogP contribution >= 0.6 is 0 Å². The second kappa shape index (κ2) is 17.6. The fraction of sp³-hybridized carbons (Fsp3) is 0.786. The molecule has 0 spiro atoms. The summed E-state index contributed by atoms with van der Waals surface area (Å²) in [6.45, 7) is 13.0. The van der Waals surface area contributed by atoms with Crippen LogP contribution in [0.15, 0.2) is 12.2 Å². The minimum atomic E-state index is -0.195. The number of hydrogen-bond donors (Lipinski definition) is 1. The molecule has 3 heteroatoms. The van der Waals surface area contributed by atoms with E-state index in [4.69, 9.17) is 9.84 Å². The molecule has 1 N–H and O–H groups in total. The minimum absolute atomic E-state index is 0.0764. The summed E-state index contributed by atoms with van der Waals surface area (Å²) >= 11 is 0. The summed E-state index contributed by atoms with van der Waals surface area (Å²) in [4.78, 5) is 10.2. The van der Waals surface area contributed by atoms with Gasteiger partial charge in [-0.2, -0.15) is 0 Å². The SMILES string of the molecule is C/C=C/C.CCC(C)O.CCC(C)OC(C)=O. The van der Waals surface area contributed by atoms with E-state index < -0.39 is 0 Å². The summed E-state index contributed by atoms with van der Waals surface area (Å²) in [6, 6.07) is 0. The number of carbonyl (C=O) groups excluding carboxylic acids is 1. The number of aliphatic hydroxyl groups excluding tert-OH is 1. The lowest BCUT2D eigenvalue weighted by Crippen LogP contribution is -2.09. The highest BCUT2D eigenvalue weighted by Gasteiger charge is 1.99. The van der Waals surface area contributed by atoms with Crippen molar-refractivity contribution in [2.45, 2.75) is 73.5 Å². The van der Waals surface area contributed by atoms with Gasteiger partial charge in [0, 0.05) is 6.92 Å². The molecule has 0 amide bonds. The normalized spacial score (nSPS) is 12.7. The average Bonchev–Trinajstić information content (AvgIpc) is 2.29. The second-order valence-electron chi connectivity index (χ2n) is 3.75. The third-order valence-electron chi connectivity index (χ3n) is 1.87. The zero-order valence-electron chi connectivity index (χ0n) is 12.5. The van der Waals surface area contributed by atoms with Gasteiger partial charge in [0.15, 0.2) is 0 Å². The molecule has 3 nitrogen and oxygen atoms in total. The number of carbonyl (C=O) groups is 1. The Kier molecular flexibility index (Phi) is 22.2. The van der Waals surface area contributed by atoms with Crippen LogP contribution in [0.2, 0.25) is 0 Å². The van der Waals surface area contributed by atoms with Crippen molar-refractivity contribution in [3.05, 3.63) is 12.2 Å². The summed E-state index contributed by atoms with van der Waals surface area (Å²) in [5.74, 6) is -0.195. The lowest BCUT2D eigenvalue weighted by molar-refractivity contribution is -0.145. The maximum Gasteiger partial charge on any atom is 0.302 e. The van der Waals surface area contributed by atoms with E-state index in [9.17, 15) is 4.79 Å².